The highest BCUT2D eigenvalue weighted by atomic mass is 16.6. The Morgan fingerprint density at radius 3 is 2.68 bits per heavy atom. The van der Waals surface area contributed by atoms with Crippen LogP contribution in [-0.4, -0.2) is 63.6 Å². The number of aryl methyl sites for hydroxylation is 1. The van der Waals surface area contributed by atoms with E-state index < -0.39 is 5.60 Å². The van der Waals surface area contributed by atoms with Crippen molar-refractivity contribution in [3.8, 4) is 5.69 Å². The molecule has 1 saturated heterocycles. The van der Waals surface area contributed by atoms with Gasteiger partial charge in [0.05, 0.1) is 17.4 Å². The van der Waals surface area contributed by atoms with Crippen molar-refractivity contribution in [3.05, 3.63) is 47.5 Å². The maximum Gasteiger partial charge on any atom is 0.410 e. The van der Waals surface area contributed by atoms with Crippen LogP contribution in [0.1, 0.15) is 55.4 Å². The molecule has 1 aliphatic heterocycles. The molecule has 2 amide bonds. The maximum atomic E-state index is 13.4. The highest BCUT2D eigenvalue weighted by molar-refractivity contribution is 5.96. The van der Waals surface area contributed by atoms with Gasteiger partial charge >= 0.3 is 6.09 Å². The Balaban J connectivity index is 1.70. The number of rotatable bonds is 4. The SMILES string of the molecule is Cc1cc(C(=O)N2CCCC(CN(C)C(=O)OC(C)(C)C)C2)c(C)n1-c1cccnc1. The molecule has 0 spiro atoms. The Bertz CT molecular complexity index is 930. The number of aromatic nitrogens is 2. The first kappa shape index (κ1) is 22.8. The molecule has 3 rings (SSSR count). The molecule has 1 atom stereocenters. The molecule has 0 radical (unpaired) electrons. The third-order valence-corrected chi connectivity index (χ3v) is 5.61. The van der Waals surface area contributed by atoms with Crippen LogP contribution in [0.4, 0.5) is 4.79 Å². The predicted molar refractivity (Wildman–Crippen MR) is 121 cm³/mol. The minimum absolute atomic E-state index is 0.0489. The number of nitrogens with zero attached hydrogens (tertiary/aromatic N) is 4. The van der Waals surface area contributed by atoms with Crippen LogP contribution in [0.5, 0.6) is 0 Å². The fourth-order valence-corrected chi connectivity index (χ4v) is 4.23. The summed E-state index contributed by atoms with van der Waals surface area (Å²) in [5.74, 6) is 0.282. The Morgan fingerprint density at radius 2 is 2.03 bits per heavy atom. The van der Waals surface area contributed by atoms with E-state index >= 15 is 0 Å². The number of hydrogen-bond acceptors (Lipinski definition) is 4. The lowest BCUT2D eigenvalue weighted by Crippen LogP contribution is -2.45. The molecule has 7 heteroatoms. The quantitative estimate of drug-likeness (QED) is 0.735. The molecule has 1 fully saturated rings. The lowest BCUT2D eigenvalue weighted by Gasteiger charge is -2.35. The molecule has 0 bridgehead atoms. The lowest BCUT2D eigenvalue weighted by atomic mass is 9.97. The van der Waals surface area contributed by atoms with Gasteiger partial charge in [-0.05, 0) is 71.6 Å². The van der Waals surface area contributed by atoms with Crippen LogP contribution in [0.25, 0.3) is 5.69 Å². The summed E-state index contributed by atoms with van der Waals surface area (Å²) < 4.78 is 7.52. The zero-order valence-corrected chi connectivity index (χ0v) is 19.5. The summed E-state index contributed by atoms with van der Waals surface area (Å²) in [6, 6.07) is 5.85. The second kappa shape index (κ2) is 9.12. The van der Waals surface area contributed by atoms with Crippen molar-refractivity contribution in [2.75, 3.05) is 26.7 Å². The highest BCUT2D eigenvalue weighted by Crippen LogP contribution is 2.25. The molecule has 1 aliphatic rings. The normalized spacial score (nSPS) is 16.8. The number of ether oxygens (including phenoxy) is 1. The van der Waals surface area contributed by atoms with E-state index in [-0.39, 0.29) is 17.9 Å². The Hall–Kier alpha value is -2.83. The smallest absolute Gasteiger partial charge is 0.410 e. The van der Waals surface area contributed by atoms with E-state index in [1.54, 1.807) is 24.3 Å². The van der Waals surface area contributed by atoms with Crippen molar-refractivity contribution in [1.29, 1.82) is 0 Å². The van der Waals surface area contributed by atoms with Gasteiger partial charge in [-0.15, -0.1) is 0 Å². The van der Waals surface area contributed by atoms with Crippen molar-refractivity contribution < 1.29 is 14.3 Å². The number of pyridine rings is 1. The molecule has 1 unspecified atom stereocenters. The molecule has 2 aromatic heterocycles. The lowest BCUT2D eigenvalue weighted by molar-refractivity contribution is 0.0244. The van der Waals surface area contributed by atoms with Gasteiger partial charge in [0.1, 0.15) is 5.60 Å². The first-order valence-electron chi connectivity index (χ1n) is 10.9. The van der Waals surface area contributed by atoms with E-state index in [1.807, 2.05) is 57.7 Å². The average molecular weight is 427 g/mol. The average Bonchev–Trinajstić information content (AvgIpc) is 3.01. The van der Waals surface area contributed by atoms with E-state index in [0.29, 0.717) is 13.1 Å². The van der Waals surface area contributed by atoms with Gasteiger partial charge in [-0.2, -0.15) is 0 Å². The van der Waals surface area contributed by atoms with Gasteiger partial charge in [-0.3, -0.25) is 9.78 Å². The summed E-state index contributed by atoms with van der Waals surface area (Å²) in [5.41, 5.74) is 3.08. The zero-order valence-electron chi connectivity index (χ0n) is 19.5. The Labute approximate surface area is 185 Å². The number of likely N-dealkylation sites (tertiary alicyclic amines) is 1. The van der Waals surface area contributed by atoms with Gasteiger partial charge in [0.2, 0.25) is 0 Å². The number of hydrogen-bond donors (Lipinski definition) is 0. The van der Waals surface area contributed by atoms with E-state index in [9.17, 15) is 9.59 Å². The van der Waals surface area contributed by atoms with E-state index in [0.717, 1.165) is 42.0 Å². The van der Waals surface area contributed by atoms with Gasteiger partial charge in [0.25, 0.3) is 5.91 Å². The van der Waals surface area contributed by atoms with E-state index in [4.69, 9.17) is 4.74 Å². The van der Waals surface area contributed by atoms with Gasteiger partial charge in [-0.1, -0.05) is 0 Å². The van der Waals surface area contributed by atoms with Crippen molar-refractivity contribution in [1.82, 2.24) is 19.4 Å². The van der Waals surface area contributed by atoms with Crippen molar-refractivity contribution in [3.63, 3.8) is 0 Å². The second-order valence-corrected chi connectivity index (χ2v) is 9.45. The van der Waals surface area contributed by atoms with Gasteiger partial charge in [0.15, 0.2) is 0 Å². The maximum absolute atomic E-state index is 13.4. The van der Waals surface area contributed by atoms with Crippen LogP contribution in [-0.2, 0) is 4.74 Å². The van der Waals surface area contributed by atoms with Crippen LogP contribution < -0.4 is 0 Å². The zero-order chi connectivity index (χ0) is 22.8. The van der Waals surface area contributed by atoms with Crippen LogP contribution in [0, 0.1) is 19.8 Å². The fraction of sp³-hybridized carbons (Fsp3) is 0.542. The van der Waals surface area contributed by atoms with Gasteiger partial charge in [-0.25, -0.2) is 4.79 Å². The highest BCUT2D eigenvalue weighted by Gasteiger charge is 2.29. The standard InChI is InChI=1S/C24H34N4O3/c1-17-13-21(18(2)28(17)20-10-7-11-25-14-20)22(29)27-12-8-9-19(16-27)15-26(6)23(30)31-24(3,4)5/h7,10-11,13-14,19H,8-9,12,15-16H2,1-6H3. The molecular formula is C24H34N4O3. The third-order valence-electron chi connectivity index (χ3n) is 5.61. The van der Waals surface area contributed by atoms with Crippen molar-refractivity contribution >= 4 is 12.0 Å². The number of carbonyl (C=O) groups excluding carboxylic acids is 2. The molecule has 0 aromatic carbocycles. The molecule has 0 N–H and O–H groups in total. The summed E-state index contributed by atoms with van der Waals surface area (Å²) >= 11 is 0. The monoisotopic (exact) mass is 426 g/mol. The minimum atomic E-state index is -0.517. The molecular weight excluding hydrogens is 392 g/mol. The molecule has 31 heavy (non-hydrogen) atoms. The number of amides is 2. The molecule has 2 aromatic rings. The van der Waals surface area contributed by atoms with Crippen LogP contribution >= 0.6 is 0 Å². The first-order chi connectivity index (χ1) is 14.6. The Morgan fingerprint density at radius 1 is 1.29 bits per heavy atom. The van der Waals surface area contributed by atoms with Crippen LogP contribution in [0.3, 0.4) is 0 Å². The van der Waals surface area contributed by atoms with E-state index in [2.05, 4.69) is 9.55 Å². The van der Waals surface area contributed by atoms with Crippen LogP contribution in [0.15, 0.2) is 30.6 Å². The molecule has 7 nitrogen and oxygen atoms in total. The number of carbonyl (C=O) groups is 2. The van der Waals surface area contributed by atoms with Gasteiger partial charge in [0, 0.05) is 44.3 Å². The number of piperidine rings is 1. The molecule has 0 saturated carbocycles. The second-order valence-electron chi connectivity index (χ2n) is 9.45. The summed E-state index contributed by atoms with van der Waals surface area (Å²) in [4.78, 5) is 33.4. The molecule has 3 heterocycles. The largest absolute Gasteiger partial charge is 0.444 e. The van der Waals surface area contributed by atoms with E-state index in [1.165, 1.54) is 0 Å². The summed E-state index contributed by atoms with van der Waals surface area (Å²) in [7, 11) is 1.76. The fourth-order valence-electron chi connectivity index (χ4n) is 4.23. The third kappa shape index (κ3) is 5.46. The summed E-state index contributed by atoms with van der Waals surface area (Å²) in [6.07, 6.45) is 5.14. The van der Waals surface area contributed by atoms with Crippen molar-refractivity contribution in [2.45, 2.75) is 53.1 Å². The minimum Gasteiger partial charge on any atom is -0.444 e. The molecule has 0 aliphatic carbocycles. The van der Waals surface area contributed by atoms with Gasteiger partial charge < -0.3 is 19.1 Å². The first-order valence-corrected chi connectivity index (χ1v) is 10.9. The molecule has 168 valence electrons. The predicted octanol–water partition coefficient (Wildman–Crippen LogP) is 4.21. The summed E-state index contributed by atoms with van der Waals surface area (Å²) in [5, 5.41) is 0. The van der Waals surface area contributed by atoms with Crippen molar-refractivity contribution in [2.24, 2.45) is 5.92 Å². The summed E-state index contributed by atoms with van der Waals surface area (Å²) in [6.45, 7) is 11.5. The topological polar surface area (TPSA) is 67.7 Å². The Kier molecular flexibility index (Phi) is 6.72. The van der Waals surface area contributed by atoms with Crippen LogP contribution in [0.2, 0.25) is 0 Å².